The van der Waals surface area contributed by atoms with Crippen molar-refractivity contribution in [3.63, 3.8) is 0 Å². The summed E-state index contributed by atoms with van der Waals surface area (Å²) >= 11 is 1.90. The van der Waals surface area contributed by atoms with Gasteiger partial charge < -0.3 is 0 Å². The molecule has 2 rings (SSSR count). The molecule has 0 N–H and O–H groups in total. The fraction of sp³-hybridized carbons (Fsp3) is 0.200. The highest BCUT2D eigenvalue weighted by molar-refractivity contribution is 7.99. The van der Waals surface area contributed by atoms with Crippen molar-refractivity contribution in [1.29, 1.82) is 0 Å². The third-order valence-corrected chi connectivity index (χ3v) is 3.77. The smallest absolute Gasteiger partial charge is 0.0316 e. The van der Waals surface area contributed by atoms with Gasteiger partial charge in [-0.3, -0.25) is 0 Å². The van der Waals surface area contributed by atoms with Crippen LogP contribution in [0.1, 0.15) is 23.3 Å². The first-order valence-electron chi connectivity index (χ1n) is 5.54. The summed E-state index contributed by atoms with van der Waals surface area (Å²) in [6.07, 6.45) is 0. The van der Waals surface area contributed by atoms with E-state index in [1.807, 2.05) is 11.8 Å². The molecule has 0 saturated carbocycles. The van der Waals surface area contributed by atoms with Crippen LogP contribution in [0.4, 0.5) is 0 Å². The van der Waals surface area contributed by atoms with Crippen LogP contribution in [0, 0.1) is 6.92 Å². The normalized spacial score (nSPS) is 12.4. The Morgan fingerprint density at radius 2 is 1.50 bits per heavy atom. The van der Waals surface area contributed by atoms with Crippen molar-refractivity contribution in [3.8, 4) is 0 Å². The summed E-state index contributed by atoms with van der Waals surface area (Å²) < 4.78 is 0. The Balaban J connectivity index is 2.09. The van der Waals surface area contributed by atoms with E-state index in [1.54, 1.807) is 0 Å². The molecular formula is C15H16S. The number of thioether (sulfide) groups is 1. The van der Waals surface area contributed by atoms with Crippen molar-refractivity contribution in [3.05, 3.63) is 65.7 Å². The van der Waals surface area contributed by atoms with E-state index < -0.39 is 0 Å². The van der Waals surface area contributed by atoms with Crippen molar-refractivity contribution in [2.24, 2.45) is 0 Å². The van der Waals surface area contributed by atoms with Gasteiger partial charge in [0.2, 0.25) is 0 Å². The molecule has 0 bridgehead atoms. The molecule has 0 spiro atoms. The summed E-state index contributed by atoms with van der Waals surface area (Å²) in [7, 11) is 0. The van der Waals surface area contributed by atoms with Gasteiger partial charge in [0.15, 0.2) is 0 Å². The summed E-state index contributed by atoms with van der Waals surface area (Å²) in [4.78, 5) is 1.33. The molecule has 16 heavy (non-hydrogen) atoms. The number of rotatable bonds is 3. The van der Waals surface area contributed by atoms with Gasteiger partial charge >= 0.3 is 0 Å². The molecule has 0 aliphatic heterocycles. The fourth-order valence-electron chi connectivity index (χ4n) is 1.61. The van der Waals surface area contributed by atoms with Crippen molar-refractivity contribution in [2.45, 2.75) is 24.0 Å². The molecule has 1 atom stereocenters. The van der Waals surface area contributed by atoms with Gasteiger partial charge in [-0.05, 0) is 31.5 Å². The Morgan fingerprint density at radius 3 is 2.12 bits per heavy atom. The monoisotopic (exact) mass is 228 g/mol. The third-order valence-electron chi connectivity index (χ3n) is 2.60. The zero-order valence-corrected chi connectivity index (χ0v) is 10.5. The maximum atomic E-state index is 2.25. The summed E-state index contributed by atoms with van der Waals surface area (Å²) in [5, 5.41) is 0.503. The summed E-state index contributed by atoms with van der Waals surface area (Å²) in [5.74, 6) is 0. The van der Waals surface area contributed by atoms with E-state index in [9.17, 15) is 0 Å². The van der Waals surface area contributed by atoms with E-state index in [-0.39, 0.29) is 0 Å². The van der Waals surface area contributed by atoms with E-state index in [2.05, 4.69) is 68.4 Å². The molecule has 2 aromatic carbocycles. The first-order valence-corrected chi connectivity index (χ1v) is 6.42. The van der Waals surface area contributed by atoms with Crippen molar-refractivity contribution >= 4 is 11.8 Å². The Hall–Kier alpha value is -1.21. The molecule has 0 saturated heterocycles. The minimum absolute atomic E-state index is 0.503. The molecular weight excluding hydrogens is 212 g/mol. The highest BCUT2D eigenvalue weighted by Crippen LogP contribution is 2.34. The van der Waals surface area contributed by atoms with E-state index in [0.29, 0.717) is 5.25 Å². The number of hydrogen-bond acceptors (Lipinski definition) is 1. The fourth-order valence-corrected chi connectivity index (χ4v) is 2.62. The van der Waals surface area contributed by atoms with Crippen LogP contribution in [0.3, 0.4) is 0 Å². The lowest BCUT2D eigenvalue weighted by molar-refractivity contribution is 1.09. The SMILES string of the molecule is Cc1ccc([C@@H](C)Sc2ccccc2)cc1. The largest absolute Gasteiger partial charge is 0.118 e. The summed E-state index contributed by atoms with van der Waals surface area (Å²) in [6, 6.07) is 19.3. The maximum absolute atomic E-state index is 2.25. The summed E-state index contributed by atoms with van der Waals surface area (Å²) in [5.41, 5.74) is 2.71. The minimum atomic E-state index is 0.503. The van der Waals surface area contributed by atoms with Gasteiger partial charge in [0.25, 0.3) is 0 Å². The lowest BCUT2D eigenvalue weighted by atomic mass is 10.1. The zero-order valence-electron chi connectivity index (χ0n) is 9.68. The van der Waals surface area contributed by atoms with Gasteiger partial charge in [-0.25, -0.2) is 0 Å². The highest BCUT2D eigenvalue weighted by atomic mass is 32.2. The van der Waals surface area contributed by atoms with Crippen LogP contribution in [0.25, 0.3) is 0 Å². The molecule has 0 fully saturated rings. The third kappa shape index (κ3) is 2.89. The van der Waals surface area contributed by atoms with E-state index in [0.717, 1.165) is 0 Å². The minimum Gasteiger partial charge on any atom is -0.118 e. The first-order chi connectivity index (χ1) is 7.75. The number of benzene rings is 2. The van der Waals surface area contributed by atoms with Gasteiger partial charge in [0.05, 0.1) is 0 Å². The molecule has 0 aromatic heterocycles. The standard InChI is InChI=1S/C15H16S/c1-12-8-10-14(11-9-12)13(2)16-15-6-4-3-5-7-15/h3-11,13H,1-2H3/t13-/m1/s1. The van der Waals surface area contributed by atoms with E-state index in [1.165, 1.54) is 16.0 Å². The molecule has 0 radical (unpaired) electrons. The van der Waals surface area contributed by atoms with Crippen molar-refractivity contribution in [2.75, 3.05) is 0 Å². The second-order valence-electron chi connectivity index (χ2n) is 3.98. The second kappa shape index (κ2) is 5.22. The van der Waals surface area contributed by atoms with Gasteiger partial charge in [-0.1, -0.05) is 48.0 Å². The molecule has 0 aliphatic carbocycles. The van der Waals surface area contributed by atoms with Gasteiger partial charge in [0.1, 0.15) is 0 Å². The predicted molar refractivity (Wildman–Crippen MR) is 71.9 cm³/mol. The highest BCUT2D eigenvalue weighted by Gasteiger charge is 2.06. The molecule has 2 aromatic rings. The quantitative estimate of drug-likeness (QED) is 0.677. The van der Waals surface area contributed by atoms with Crippen molar-refractivity contribution < 1.29 is 0 Å². The van der Waals surface area contributed by atoms with Gasteiger partial charge in [0, 0.05) is 10.1 Å². The molecule has 1 heteroatoms. The first kappa shape index (κ1) is 11.3. The number of aryl methyl sites for hydroxylation is 1. The topological polar surface area (TPSA) is 0 Å². The maximum Gasteiger partial charge on any atom is 0.0316 e. The Morgan fingerprint density at radius 1 is 0.875 bits per heavy atom. The molecule has 0 nitrogen and oxygen atoms in total. The predicted octanol–water partition coefficient (Wildman–Crippen LogP) is 4.85. The van der Waals surface area contributed by atoms with Crippen LogP contribution >= 0.6 is 11.8 Å². The van der Waals surface area contributed by atoms with E-state index >= 15 is 0 Å². The van der Waals surface area contributed by atoms with Crippen LogP contribution in [0.5, 0.6) is 0 Å². The molecule has 0 aliphatic rings. The molecule has 0 amide bonds. The van der Waals surface area contributed by atoms with Crippen molar-refractivity contribution in [1.82, 2.24) is 0 Å². The van der Waals surface area contributed by atoms with Gasteiger partial charge in [-0.15, -0.1) is 11.8 Å². The molecule has 0 unspecified atom stereocenters. The zero-order chi connectivity index (χ0) is 11.4. The Labute approximate surface area is 102 Å². The van der Waals surface area contributed by atoms with E-state index in [4.69, 9.17) is 0 Å². The lowest BCUT2D eigenvalue weighted by Gasteiger charge is -2.11. The van der Waals surface area contributed by atoms with Crippen LogP contribution < -0.4 is 0 Å². The lowest BCUT2D eigenvalue weighted by Crippen LogP contribution is -1.88. The van der Waals surface area contributed by atoms with Crippen LogP contribution in [0.2, 0.25) is 0 Å². The van der Waals surface area contributed by atoms with Gasteiger partial charge in [-0.2, -0.15) is 0 Å². The van der Waals surface area contributed by atoms with Crippen LogP contribution in [-0.4, -0.2) is 0 Å². The second-order valence-corrected chi connectivity index (χ2v) is 5.40. The Bertz CT molecular complexity index is 431. The molecule has 82 valence electrons. The van der Waals surface area contributed by atoms with Crippen LogP contribution in [0.15, 0.2) is 59.5 Å². The van der Waals surface area contributed by atoms with Crippen LogP contribution in [-0.2, 0) is 0 Å². The molecule has 0 heterocycles. The summed E-state index contributed by atoms with van der Waals surface area (Å²) in [6.45, 7) is 4.38. The average Bonchev–Trinajstić information content (AvgIpc) is 2.31. The number of hydrogen-bond donors (Lipinski definition) is 0. The average molecular weight is 228 g/mol. The Kier molecular flexibility index (Phi) is 3.68.